The minimum Gasteiger partial charge on any atom is -0.481 e. The van der Waals surface area contributed by atoms with E-state index in [1.807, 2.05) is 0 Å². The molecule has 0 aliphatic heterocycles. The molecule has 1 aliphatic rings. The van der Waals surface area contributed by atoms with Crippen LogP contribution in [0, 0.1) is 0 Å². The molecule has 0 aromatic carbocycles. The Bertz CT molecular complexity index is 554. The van der Waals surface area contributed by atoms with Gasteiger partial charge in [0.05, 0.1) is 5.41 Å². The summed E-state index contributed by atoms with van der Waals surface area (Å²) in [7, 11) is 0. The fraction of sp³-hybridized carbons (Fsp3) is 0.385. The van der Waals surface area contributed by atoms with Crippen LogP contribution in [0.4, 0.5) is 0 Å². The predicted octanol–water partition coefficient (Wildman–Crippen LogP) is 1.25. The number of carboxylic acids is 2. The van der Waals surface area contributed by atoms with E-state index >= 15 is 0 Å². The van der Waals surface area contributed by atoms with Crippen molar-refractivity contribution in [2.24, 2.45) is 0 Å². The molecule has 0 bridgehead atoms. The van der Waals surface area contributed by atoms with Crippen molar-refractivity contribution >= 4 is 17.7 Å². The number of carboxylic acid groups (broad SMARTS) is 2. The van der Waals surface area contributed by atoms with E-state index in [9.17, 15) is 19.5 Å². The van der Waals surface area contributed by atoms with Crippen LogP contribution < -0.4 is 0 Å². The summed E-state index contributed by atoms with van der Waals surface area (Å²) in [6, 6.07) is 1.50. The van der Waals surface area contributed by atoms with Crippen molar-refractivity contribution in [1.29, 1.82) is 0 Å². The number of fused-ring (bicyclic) bond motifs is 1. The number of pyridine rings is 1. The Morgan fingerprint density at radius 1 is 1.37 bits per heavy atom. The lowest BCUT2D eigenvalue weighted by Crippen LogP contribution is -2.41. The van der Waals surface area contributed by atoms with Crippen LogP contribution in [0.25, 0.3) is 0 Å². The first-order chi connectivity index (χ1) is 8.97. The minimum atomic E-state index is -1.30. The van der Waals surface area contributed by atoms with E-state index in [1.54, 1.807) is 0 Å². The van der Waals surface area contributed by atoms with Crippen molar-refractivity contribution < 1.29 is 24.6 Å². The maximum absolute atomic E-state index is 11.8. The van der Waals surface area contributed by atoms with Gasteiger partial charge in [0.1, 0.15) is 0 Å². The summed E-state index contributed by atoms with van der Waals surface area (Å²) in [6.45, 7) is 0. The van der Waals surface area contributed by atoms with Gasteiger partial charge in [-0.05, 0) is 24.5 Å². The average Bonchev–Trinajstić information content (AvgIpc) is 2.38. The highest BCUT2D eigenvalue weighted by atomic mass is 16.4. The van der Waals surface area contributed by atoms with Gasteiger partial charge in [-0.15, -0.1) is 0 Å². The van der Waals surface area contributed by atoms with Crippen LogP contribution in [0.3, 0.4) is 0 Å². The minimum absolute atomic E-state index is 0.0258. The van der Waals surface area contributed by atoms with E-state index < -0.39 is 17.4 Å². The molecule has 0 amide bonds. The standard InChI is InChI=1S/C13H13NO5/c15-10-1-4-13(12(18)19,5-2-11(16)17)9-3-6-14-7-8(9)10/h3,6-7H,1-2,4-5H2,(H,16,17)(H,18,19). The van der Waals surface area contributed by atoms with Gasteiger partial charge in [-0.3, -0.25) is 19.4 Å². The lowest BCUT2D eigenvalue weighted by atomic mass is 9.67. The largest absolute Gasteiger partial charge is 0.481 e. The summed E-state index contributed by atoms with van der Waals surface area (Å²) in [4.78, 5) is 38.0. The molecule has 6 heteroatoms. The summed E-state index contributed by atoms with van der Waals surface area (Å²) in [5, 5.41) is 18.3. The average molecular weight is 263 g/mol. The maximum Gasteiger partial charge on any atom is 0.314 e. The van der Waals surface area contributed by atoms with Crippen molar-refractivity contribution in [2.75, 3.05) is 0 Å². The highest BCUT2D eigenvalue weighted by Gasteiger charge is 2.45. The Morgan fingerprint density at radius 3 is 2.74 bits per heavy atom. The number of hydrogen-bond acceptors (Lipinski definition) is 4. The SMILES string of the molecule is O=C(O)CCC1(C(=O)O)CCC(=O)c2cnccc21. The molecule has 1 heterocycles. The first-order valence-corrected chi connectivity index (χ1v) is 5.90. The van der Waals surface area contributed by atoms with Crippen LogP contribution in [0.1, 0.15) is 41.6 Å². The van der Waals surface area contributed by atoms with Gasteiger partial charge in [0.15, 0.2) is 5.78 Å². The zero-order valence-electron chi connectivity index (χ0n) is 10.1. The first kappa shape index (κ1) is 13.2. The number of aliphatic carboxylic acids is 2. The summed E-state index contributed by atoms with van der Waals surface area (Å²) in [5.41, 5.74) is -0.626. The third-order valence-corrected chi connectivity index (χ3v) is 3.59. The molecule has 1 aromatic heterocycles. The van der Waals surface area contributed by atoms with Crippen molar-refractivity contribution in [3.8, 4) is 0 Å². The van der Waals surface area contributed by atoms with Gasteiger partial charge in [0.25, 0.3) is 0 Å². The van der Waals surface area contributed by atoms with Crippen LogP contribution in [-0.4, -0.2) is 32.9 Å². The number of rotatable bonds is 4. The third-order valence-electron chi connectivity index (χ3n) is 3.59. The van der Waals surface area contributed by atoms with Gasteiger partial charge in [0, 0.05) is 30.8 Å². The highest BCUT2D eigenvalue weighted by molar-refractivity contribution is 6.02. The van der Waals surface area contributed by atoms with Crippen LogP contribution >= 0.6 is 0 Å². The van der Waals surface area contributed by atoms with Gasteiger partial charge in [0.2, 0.25) is 0 Å². The molecule has 2 N–H and O–H groups in total. The molecule has 0 saturated heterocycles. The number of nitrogens with zero attached hydrogens (tertiary/aromatic N) is 1. The fourth-order valence-electron chi connectivity index (χ4n) is 2.54. The molecule has 0 radical (unpaired) electrons. The van der Waals surface area contributed by atoms with E-state index in [0.717, 1.165) is 0 Å². The number of carbonyl (C=O) groups excluding carboxylic acids is 1. The summed E-state index contributed by atoms with van der Waals surface area (Å²) in [6.07, 6.45) is 2.74. The molecular weight excluding hydrogens is 250 g/mol. The van der Waals surface area contributed by atoms with E-state index in [0.29, 0.717) is 11.1 Å². The first-order valence-electron chi connectivity index (χ1n) is 5.90. The summed E-state index contributed by atoms with van der Waals surface area (Å²) in [5.74, 6) is -2.28. The number of Topliss-reactive ketones (excluding diaryl/α,β-unsaturated/α-hetero) is 1. The van der Waals surface area contributed by atoms with Crippen molar-refractivity contribution in [3.05, 3.63) is 29.6 Å². The van der Waals surface area contributed by atoms with Crippen molar-refractivity contribution in [1.82, 2.24) is 4.98 Å². The molecule has 1 aliphatic carbocycles. The molecule has 1 aromatic rings. The fourth-order valence-corrected chi connectivity index (χ4v) is 2.54. The number of aromatic nitrogens is 1. The number of ketones is 1. The van der Waals surface area contributed by atoms with Gasteiger partial charge in [-0.2, -0.15) is 0 Å². The Kier molecular flexibility index (Phi) is 3.33. The van der Waals surface area contributed by atoms with Gasteiger partial charge >= 0.3 is 11.9 Å². The lowest BCUT2D eigenvalue weighted by molar-refractivity contribution is -0.145. The second-order valence-electron chi connectivity index (χ2n) is 4.63. The molecule has 0 fully saturated rings. The maximum atomic E-state index is 11.8. The van der Waals surface area contributed by atoms with Crippen molar-refractivity contribution in [3.63, 3.8) is 0 Å². The Morgan fingerprint density at radius 2 is 2.11 bits per heavy atom. The Balaban J connectivity index is 2.50. The zero-order chi connectivity index (χ0) is 14.0. The molecule has 0 spiro atoms. The van der Waals surface area contributed by atoms with E-state index in [4.69, 9.17) is 5.11 Å². The summed E-state index contributed by atoms with van der Waals surface area (Å²) < 4.78 is 0. The molecule has 0 saturated carbocycles. The van der Waals surface area contributed by atoms with Crippen LogP contribution in [-0.2, 0) is 15.0 Å². The second kappa shape index (κ2) is 4.79. The molecule has 100 valence electrons. The van der Waals surface area contributed by atoms with E-state index in [2.05, 4.69) is 4.98 Å². The van der Waals surface area contributed by atoms with Crippen molar-refractivity contribution in [2.45, 2.75) is 31.1 Å². The molecular formula is C13H13NO5. The molecule has 1 unspecified atom stereocenters. The smallest absolute Gasteiger partial charge is 0.314 e. The van der Waals surface area contributed by atoms with Crippen LogP contribution in [0.15, 0.2) is 18.5 Å². The van der Waals surface area contributed by atoms with E-state index in [1.165, 1.54) is 18.5 Å². The topological polar surface area (TPSA) is 105 Å². The second-order valence-corrected chi connectivity index (χ2v) is 4.63. The zero-order valence-corrected chi connectivity index (χ0v) is 10.1. The molecule has 6 nitrogen and oxygen atoms in total. The lowest BCUT2D eigenvalue weighted by Gasteiger charge is -2.34. The number of carbonyl (C=O) groups is 3. The summed E-state index contributed by atoms with van der Waals surface area (Å²) >= 11 is 0. The quantitative estimate of drug-likeness (QED) is 0.846. The number of hydrogen-bond donors (Lipinski definition) is 2. The highest BCUT2D eigenvalue weighted by Crippen LogP contribution is 2.40. The molecule has 1 atom stereocenters. The van der Waals surface area contributed by atoms with Gasteiger partial charge < -0.3 is 10.2 Å². The molecule has 19 heavy (non-hydrogen) atoms. The van der Waals surface area contributed by atoms with E-state index in [-0.39, 0.29) is 31.5 Å². The van der Waals surface area contributed by atoms with Crippen LogP contribution in [0.2, 0.25) is 0 Å². The normalized spacial score (nSPS) is 21.8. The van der Waals surface area contributed by atoms with Gasteiger partial charge in [-0.1, -0.05) is 0 Å². The van der Waals surface area contributed by atoms with Crippen LogP contribution in [0.5, 0.6) is 0 Å². The monoisotopic (exact) mass is 263 g/mol. The van der Waals surface area contributed by atoms with Gasteiger partial charge in [-0.25, -0.2) is 0 Å². The molecule has 2 rings (SSSR count). The Labute approximate surface area is 109 Å². The predicted molar refractivity (Wildman–Crippen MR) is 64.0 cm³/mol. The third kappa shape index (κ3) is 2.21. The Hall–Kier alpha value is -2.24.